The van der Waals surface area contributed by atoms with Crippen molar-refractivity contribution in [3.63, 3.8) is 0 Å². The second-order valence-electron chi connectivity index (χ2n) is 7.16. The molecule has 1 aliphatic heterocycles. The zero-order valence-electron chi connectivity index (χ0n) is 15.9. The highest BCUT2D eigenvalue weighted by atomic mass is 35.5. The van der Waals surface area contributed by atoms with Gasteiger partial charge in [0.05, 0.1) is 5.52 Å². The zero-order valence-corrected chi connectivity index (χ0v) is 16.7. The molecule has 1 saturated heterocycles. The third-order valence-corrected chi connectivity index (χ3v) is 5.54. The van der Waals surface area contributed by atoms with Crippen LogP contribution in [0.5, 0.6) is 5.75 Å². The van der Waals surface area contributed by atoms with Gasteiger partial charge < -0.3 is 9.64 Å². The number of carbonyl (C=O) groups is 1. The molecule has 4 rings (SSSR count). The fourth-order valence-corrected chi connectivity index (χ4v) is 3.98. The molecular weight excluding hydrogens is 372 g/mol. The summed E-state index contributed by atoms with van der Waals surface area (Å²) in [6, 6.07) is 15.5. The lowest BCUT2D eigenvalue weighted by Gasteiger charge is -2.29. The Hall–Kier alpha value is -2.59. The van der Waals surface area contributed by atoms with E-state index in [2.05, 4.69) is 4.98 Å². The fraction of sp³-hybridized carbons (Fsp3) is 0.304. The second-order valence-corrected chi connectivity index (χ2v) is 7.57. The van der Waals surface area contributed by atoms with Crippen LogP contribution >= 0.6 is 11.6 Å². The van der Waals surface area contributed by atoms with E-state index < -0.39 is 6.10 Å². The number of halogens is 1. The van der Waals surface area contributed by atoms with Gasteiger partial charge in [0.15, 0.2) is 6.10 Å². The number of piperidine rings is 1. The summed E-state index contributed by atoms with van der Waals surface area (Å²) in [4.78, 5) is 19.0. The van der Waals surface area contributed by atoms with Crippen molar-refractivity contribution in [2.75, 3.05) is 13.1 Å². The maximum Gasteiger partial charge on any atom is 0.263 e. The van der Waals surface area contributed by atoms with Gasteiger partial charge in [-0.05, 0) is 56.0 Å². The predicted octanol–water partition coefficient (Wildman–Crippen LogP) is 5.34. The summed E-state index contributed by atoms with van der Waals surface area (Å²) in [5.74, 6) is 0.701. The van der Waals surface area contributed by atoms with Crippen LogP contribution in [0.15, 0.2) is 54.7 Å². The number of rotatable bonds is 4. The van der Waals surface area contributed by atoms with Crippen molar-refractivity contribution in [2.24, 2.45) is 0 Å². The maximum atomic E-state index is 12.6. The van der Waals surface area contributed by atoms with Crippen LogP contribution in [0.1, 0.15) is 26.2 Å². The first kappa shape index (κ1) is 18.8. The van der Waals surface area contributed by atoms with Crippen LogP contribution < -0.4 is 4.74 Å². The van der Waals surface area contributed by atoms with E-state index in [9.17, 15) is 4.79 Å². The molecule has 1 atom stereocenters. The minimum Gasteiger partial charge on any atom is -0.481 e. The Balaban J connectivity index is 1.58. The number of aromatic nitrogens is 1. The molecule has 0 aliphatic carbocycles. The van der Waals surface area contributed by atoms with Gasteiger partial charge >= 0.3 is 0 Å². The first-order valence-corrected chi connectivity index (χ1v) is 10.1. The molecule has 144 valence electrons. The maximum absolute atomic E-state index is 12.6. The topological polar surface area (TPSA) is 42.4 Å². The molecule has 5 heteroatoms. The molecule has 0 saturated carbocycles. The van der Waals surface area contributed by atoms with E-state index in [1.165, 1.54) is 6.42 Å². The quantitative estimate of drug-likeness (QED) is 0.600. The highest BCUT2D eigenvalue weighted by Crippen LogP contribution is 2.33. The molecule has 0 radical (unpaired) electrons. The Kier molecular flexibility index (Phi) is 5.49. The first-order chi connectivity index (χ1) is 13.6. The molecule has 0 bridgehead atoms. The average Bonchev–Trinajstić information content (AvgIpc) is 2.73. The van der Waals surface area contributed by atoms with Crippen LogP contribution in [0.3, 0.4) is 0 Å². The fourth-order valence-electron chi connectivity index (χ4n) is 3.74. The van der Waals surface area contributed by atoms with Crippen molar-refractivity contribution in [2.45, 2.75) is 32.3 Å². The van der Waals surface area contributed by atoms with Crippen LogP contribution in [-0.4, -0.2) is 35.0 Å². The Morgan fingerprint density at radius 3 is 2.64 bits per heavy atom. The Morgan fingerprint density at radius 2 is 1.86 bits per heavy atom. The molecule has 4 nitrogen and oxygen atoms in total. The van der Waals surface area contributed by atoms with Crippen LogP contribution in [0, 0.1) is 0 Å². The van der Waals surface area contributed by atoms with Gasteiger partial charge in [-0.3, -0.25) is 9.78 Å². The number of hydrogen-bond acceptors (Lipinski definition) is 3. The van der Waals surface area contributed by atoms with E-state index in [1.807, 2.05) is 60.4 Å². The summed E-state index contributed by atoms with van der Waals surface area (Å²) in [5, 5.41) is 1.70. The molecule has 1 aliphatic rings. The summed E-state index contributed by atoms with van der Waals surface area (Å²) < 4.78 is 5.95. The van der Waals surface area contributed by atoms with Crippen molar-refractivity contribution >= 4 is 28.4 Å². The lowest BCUT2D eigenvalue weighted by molar-refractivity contribution is -0.138. The van der Waals surface area contributed by atoms with E-state index in [4.69, 9.17) is 16.3 Å². The van der Waals surface area contributed by atoms with E-state index in [0.29, 0.717) is 10.8 Å². The Morgan fingerprint density at radius 1 is 1.07 bits per heavy atom. The Labute approximate surface area is 170 Å². The highest BCUT2D eigenvalue weighted by Gasteiger charge is 2.23. The first-order valence-electron chi connectivity index (χ1n) is 9.72. The molecule has 1 amide bonds. The van der Waals surface area contributed by atoms with Crippen molar-refractivity contribution in [3.8, 4) is 16.9 Å². The van der Waals surface area contributed by atoms with Crippen LogP contribution in [0.25, 0.3) is 22.0 Å². The smallest absolute Gasteiger partial charge is 0.263 e. The molecule has 1 fully saturated rings. The van der Waals surface area contributed by atoms with Gasteiger partial charge in [-0.1, -0.05) is 29.8 Å². The SMILES string of the molecule is C[C@@H](Oc1ccc2c(-c3ccccc3Cl)ccnc2c1)C(=O)N1CCCCC1. The third kappa shape index (κ3) is 3.83. The third-order valence-electron chi connectivity index (χ3n) is 5.21. The molecule has 1 aromatic heterocycles. The summed E-state index contributed by atoms with van der Waals surface area (Å²) in [6.45, 7) is 3.47. The van der Waals surface area contributed by atoms with Gasteiger partial charge in [0, 0.05) is 41.3 Å². The predicted molar refractivity (Wildman–Crippen MR) is 113 cm³/mol. The number of carbonyl (C=O) groups excluding carboxylic acids is 1. The largest absolute Gasteiger partial charge is 0.481 e. The second kappa shape index (κ2) is 8.19. The lowest BCUT2D eigenvalue weighted by Crippen LogP contribution is -2.43. The van der Waals surface area contributed by atoms with E-state index in [1.54, 1.807) is 6.20 Å². The Bertz CT molecular complexity index is 999. The number of fused-ring (bicyclic) bond motifs is 1. The van der Waals surface area contributed by atoms with Gasteiger partial charge in [-0.25, -0.2) is 0 Å². The highest BCUT2D eigenvalue weighted by molar-refractivity contribution is 6.33. The van der Waals surface area contributed by atoms with Crippen molar-refractivity contribution in [3.05, 3.63) is 59.8 Å². The van der Waals surface area contributed by atoms with Gasteiger partial charge in [0.25, 0.3) is 5.91 Å². The van der Waals surface area contributed by atoms with E-state index in [0.717, 1.165) is 48.0 Å². The number of ether oxygens (including phenoxy) is 1. The monoisotopic (exact) mass is 394 g/mol. The standard InChI is InChI=1S/C23H23ClN2O2/c1-16(23(27)26-13-5-2-6-14-26)28-17-9-10-20-18(11-12-25-22(20)15-17)19-7-3-4-8-21(19)24/h3-4,7-12,15-16H,2,5-6,13-14H2,1H3/t16-/m1/s1. The summed E-state index contributed by atoms with van der Waals surface area (Å²) in [5.41, 5.74) is 2.81. The van der Waals surface area contributed by atoms with E-state index in [-0.39, 0.29) is 5.91 Å². The molecule has 28 heavy (non-hydrogen) atoms. The number of nitrogens with zero attached hydrogens (tertiary/aromatic N) is 2. The van der Waals surface area contributed by atoms with Gasteiger partial charge in [0.1, 0.15) is 5.75 Å². The minimum absolute atomic E-state index is 0.0533. The molecule has 0 spiro atoms. The number of likely N-dealkylation sites (tertiary alicyclic amines) is 1. The van der Waals surface area contributed by atoms with Crippen molar-refractivity contribution in [1.82, 2.24) is 9.88 Å². The molecular formula is C23H23ClN2O2. The minimum atomic E-state index is -0.512. The van der Waals surface area contributed by atoms with Gasteiger partial charge in [-0.2, -0.15) is 0 Å². The molecule has 0 unspecified atom stereocenters. The number of pyridine rings is 1. The molecule has 2 heterocycles. The van der Waals surface area contributed by atoms with Crippen LogP contribution in [-0.2, 0) is 4.79 Å². The molecule has 3 aromatic rings. The zero-order chi connectivity index (χ0) is 19.5. The summed E-state index contributed by atoms with van der Waals surface area (Å²) in [7, 11) is 0. The summed E-state index contributed by atoms with van der Waals surface area (Å²) in [6.07, 6.45) is 4.60. The van der Waals surface area contributed by atoms with Crippen molar-refractivity contribution in [1.29, 1.82) is 0 Å². The van der Waals surface area contributed by atoms with Gasteiger partial charge in [-0.15, -0.1) is 0 Å². The lowest BCUT2D eigenvalue weighted by atomic mass is 10.0. The molecule has 0 N–H and O–H groups in total. The summed E-state index contributed by atoms with van der Waals surface area (Å²) >= 11 is 6.38. The van der Waals surface area contributed by atoms with Crippen LogP contribution in [0.2, 0.25) is 5.02 Å². The average molecular weight is 395 g/mol. The van der Waals surface area contributed by atoms with E-state index >= 15 is 0 Å². The number of hydrogen-bond donors (Lipinski definition) is 0. The number of benzene rings is 2. The van der Waals surface area contributed by atoms with Crippen molar-refractivity contribution < 1.29 is 9.53 Å². The molecule has 2 aromatic carbocycles. The normalized spacial score (nSPS) is 15.4. The van der Waals surface area contributed by atoms with Crippen LogP contribution in [0.4, 0.5) is 0 Å². The van der Waals surface area contributed by atoms with Gasteiger partial charge in [0.2, 0.25) is 0 Å². The number of amides is 1.